The van der Waals surface area contributed by atoms with E-state index >= 15 is 0 Å². The molecule has 33 heavy (non-hydrogen) atoms. The fraction of sp³-hybridized carbons (Fsp3) is 0.364. The second kappa shape index (κ2) is 9.73. The number of benzene rings is 2. The van der Waals surface area contributed by atoms with Crippen molar-refractivity contribution in [2.75, 3.05) is 20.8 Å². The van der Waals surface area contributed by atoms with Crippen molar-refractivity contribution in [2.45, 2.75) is 30.5 Å². The Kier molecular flexibility index (Phi) is 7.20. The molecule has 1 heterocycles. The smallest absolute Gasteiger partial charge is 0.336 e. The molecule has 0 aliphatic carbocycles. The van der Waals surface area contributed by atoms with E-state index in [0.29, 0.717) is 0 Å². The van der Waals surface area contributed by atoms with Gasteiger partial charge >= 0.3 is 11.9 Å². The maximum absolute atomic E-state index is 11.8. The summed E-state index contributed by atoms with van der Waals surface area (Å²) in [6.07, 6.45) is -7.09. The molecule has 6 N–H and O–H groups in total. The van der Waals surface area contributed by atoms with Crippen LogP contribution in [0.1, 0.15) is 32.4 Å². The van der Waals surface area contributed by atoms with Gasteiger partial charge in [0.1, 0.15) is 42.0 Å². The molecule has 2 aromatic carbocycles. The van der Waals surface area contributed by atoms with Crippen molar-refractivity contribution in [1.29, 1.82) is 0 Å². The van der Waals surface area contributed by atoms with Crippen LogP contribution in [-0.2, 0) is 4.74 Å². The summed E-state index contributed by atoms with van der Waals surface area (Å²) in [5, 5.41) is 59.0. The number of carbonyl (C=O) groups is 2. The average Bonchev–Trinajstić information content (AvgIpc) is 2.81. The Morgan fingerprint density at radius 1 is 0.879 bits per heavy atom. The van der Waals surface area contributed by atoms with Gasteiger partial charge < -0.3 is 44.8 Å². The molecule has 2 aromatic rings. The van der Waals surface area contributed by atoms with Gasteiger partial charge in [0.2, 0.25) is 0 Å². The molecule has 0 saturated carbocycles. The number of aromatic carboxylic acids is 2. The van der Waals surface area contributed by atoms with Crippen LogP contribution < -0.4 is 9.47 Å². The van der Waals surface area contributed by atoms with E-state index in [9.17, 15) is 40.2 Å². The van der Waals surface area contributed by atoms with Crippen molar-refractivity contribution in [3.05, 3.63) is 47.0 Å². The number of carboxylic acids is 2. The number of rotatable bonds is 7. The lowest BCUT2D eigenvalue weighted by molar-refractivity contribution is -0.232. The van der Waals surface area contributed by atoms with Gasteiger partial charge in [-0.25, -0.2) is 9.59 Å². The van der Waals surface area contributed by atoms with E-state index in [2.05, 4.69) is 0 Å². The normalized spacial score (nSPS) is 24.8. The number of aliphatic hydroxyl groups excluding tert-OH is 4. The summed E-state index contributed by atoms with van der Waals surface area (Å²) in [5.41, 5.74) is 0.143. The number of hydrogen-bond donors (Lipinski definition) is 6. The van der Waals surface area contributed by atoms with Crippen LogP contribution in [0.5, 0.6) is 11.5 Å². The number of aliphatic hydroxyl groups is 4. The molecule has 0 aromatic heterocycles. The summed E-state index contributed by atoms with van der Waals surface area (Å²) >= 11 is 0. The predicted molar refractivity (Wildman–Crippen MR) is 112 cm³/mol. The molecule has 0 bridgehead atoms. The Balaban J connectivity index is 2.17. The fourth-order valence-electron chi connectivity index (χ4n) is 3.80. The van der Waals surface area contributed by atoms with Gasteiger partial charge in [0.15, 0.2) is 0 Å². The third kappa shape index (κ3) is 4.49. The van der Waals surface area contributed by atoms with Crippen molar-refractivity contribution in [3.8, 4) is 22.6 Å². The van der Waals surface area contributed by atoms with E-state index in [0.717, 1.165) is 6.07 Å². The van der Waals surface area contributed by atoms with Crippen molar-refractivity contribution in [3.63, 3.8) is 0 Å². The summed E-state index contributed by atoms with van der Waals surface area (Å²) in [6, 6.07) is 6.45. The van der Waals surface area contributed by atoms with Crippen molar-refractivity contribution in [2.24, 2.45) is 0 Å². The molecule has 1 fully saturated rings. The first-order valence-corrected chi connectivity index (χ1v) is 9.82. The number of ether oxygens (including phenoxy) is 3. The topological polar surface area (TPSA) is 183 Å². The first-order chi connectivity index (χ1) is 15.6. The molecule has 0 spiro atoms. The third-order valence-electron chi connectivity index (χ3n) is 5.54. The van der Waals surface area contributed by atoms with Crippen LogP contribution in [0.2, 0.25) is 0 Å². The second-order valence-corrected chi connectivity index (χ2v) is 7.41. The Morgan fingerprint density at radius 2 is 1.55 bits per heavy atom. The van der Waals surface area contributed by atoms with E-state index < -0.39 is 49.1 Å². The molecule has 3 rings (SSSR count). The molecule has 1 aliphatic heterocycles. The zero-order valence-corrected chi connectivity index (χ0v) is 17.7. The van der Waals surface area contributed by atoms with Gasteiger partial charge in [-0.2, -0.15) is 0 Å². The number of methoxy groups -OCH3 is 2. The predicted octanol–water partition coefficient (Wildman–Crippen LogP) is 0.282. The lowest BCUT2D eigenvalue weighted by Gasteiger charge is -2.40. The molecular weight excluding hydrogens is 440 g/mol. The van der Waals surface area contributed by atoms with Crippen molar-refractivity contribution >= 4 is 11.9 Å². The van der Waals surface area contributed by atoms with Gasteiger partial charge in [-0.1, -0.05) is 6.07 Å². The van der Waals surface area contributed by atoms with Crippen LogP contribution in [0.25, 0.3) is 11.1 Å². The van der Waals surface area contributed by atoms with Gasteiger partial charge in [0.25, 0.3) is 0 Å². The molecule has 5 atom stereocenters. The van der Waals surface area contributed by atoms with Gasteiger partial charge in [0, 0.05) is 16.7 Å². The molecule has 1 saturated heterocycles. The standard InChI is InChI=1S/C22H24O11/c1-31-14-7-13(20-19(26)18(25)17(24)16(8-23)33-20)15(32-2)6-11(14)10-4-3-9(21(27)28)5-12(10)22(29)30/h3-7,16-20,23-26H,8H2,1-2H3,(H,27,28)(H,29,30)/t16-,17+,18+,19-,20+/m1/s1. The minimum atomic E-state index is -1.61. The van der Waals surface area contributed by atoms with Crippen LogP contribution in [-0.4, -0.2) is 87.8 Å². The summed E-state index contributed by atoms with van der Waals surface area (Å²) in [6.45, 7) is -0.614. The zero-order valence-electron chi connectivity index (χ0n) is 17.7. The van der Waals surface area contributed by atoms with Crippen LogP contribution in [0.4, 0.5) is 0 Å². The van der Waals surface area contributed by atoms with E-state index in [1.54, 1.807) is 0 Å². The van der Waals surface area contributed by atoms with Crippen LogP contribution in [0.3, 0.4) is 0 Å². The van der Waals surface area contributed by atoms with E-state index in [-0.39, 0.29) is 39.3 Å². The highest BCUT2D eigenvalue weighted by Gasteiger charge is 2.45. The number of hydrogen-bond acceptors (Lipinski definition) is 9. The summed E-state index contributed by atoms with van der Waals surface area (Å²) < 4.78 is 16.4. The minimum Gasteiger partial charge on any atom is -0.496 e. The molecule has 178 valence electrons. The Morgan fingerprint density at radius 3 is 2.09 bits per heavy atom. The largest absolute Gasteiger partial charge is 0.496 e. The number of carboxylic acid groups (broad SMARTS) is 2. The van der Waals surface area contributed by atoms with Crippen LogP contribution in [0.15, 0.2) is 30.3 Å². The maximum atomic E-state index is 11.8. The Bertz CT molecular complexity index is 1050. The first-order valence-electron chi connectivity index (χ1n) is 9.82. The van der Waals surface area contributed by atoms with E-state index in [4.69, 9.17) is 14.2 Å². The van der Waals surface area contributed by atoms with E-state index in [1.807, 2.05) is 0 Å². The quantitative estimate of drug-likeness (QED) is 0.331. The molecule has 0 amide bonds. The second-order valence-electron chi connectivity index (χ2n) is 7.41. The van der Waals surface area contributed by atoms with Gasteiger partial charge in [-0.15, -0.1) is 0 Å². The third-order valence-corrected chi connectivity index (χ3v) is 5.54. The SMILES string of the molecule is COc1cc([C@@H]2O[C@H](CO)[C@H](O)[C@H](O)[C@H]2O)c(OC)cc1-c1ccc(C(=O)O)cc1C(=O)O. The summed E-state index contributed by atoms with van der Waals surface area (Å²) in [4.78, 5) is 23.1. The summed E-state index contributed by atoms with van der Waals surface area (Å²) in [5.74, 6) is -2.36. The van der Waals surface area contributed by atoms with Crippen LogP contribution in [0, 0.1) is 0 Å². The monoisotopic (exact) mass is 464 g/mol. The summed E-state index contributed by atoms with van der Waals surface area (Å²) in [7, 11) is 2.65. The zero-order chi connectivity index (χ0) is 24.4. The molecule has 11 nitrogen and oxygen atoms in total. The van der Waals surface area contributed by atoms with Gasteiger partial charge in [-0.05, 0) is 24.3 Å². The van der Waals surface area contributed by atoms with Gasteiger partial charge in [0.05, 0.1) is 32.0 Å². The molecule has 11 heteroatoms. The van der Waals surface area contributed by atoms with Crippen LogP contribution >= 0.6 is 0 Å². The lowest BCUT2D eigenvalue weighted by Crippen LogP contribution is -2.55. The van der Waals surface area contributed by atoms with Crippen molar-refractivity contribution in [1.82, 2.24) is 0 Å². The van der Waals surface area contributed by atoms with E-state index in [1.165, 1.54) is 38.5 Å². The Hall–Kier alpha value is -3.22. The molecule has 0 radical (unpaired) electrons. The highest BCUT2D eigenvalue weighted by Crippen LogP contribution is 2.43. The molecular formula is C22H24O11. The highest BCUT2D eigenvalue weighted by molar-refractivity contribution is 6.00. The first kappa shape index (κ1) is 24.4. The Labute approximate surface area is 188 Å². The minimum absolute atomic E-state index is 0.133. The molecule has 0 unspecified atom stereocenters. The van der Waals surface area contributed by atoms with Crippen molar-refractivity contribution < 1.29 is 54.4 Å². The van der Waals surface area contributed by atoms with Gasteiger partial charge in [-0.3, -0.25) is 0 Å². The lowest BCUT2D eigenvalue weighted by atomic mass is 9.89. The average molecular weight is 464 g/mol. The fourth-order valence-corrected chi connectivity index (χ4v) is 3.80. The maximum Gasteiger partial charge on any atom is 0.336 e. The molecule has 1 aliphatic rings. The highest BCUT2D eigenvalue weighted by atomic mass is 16.5.